The van der Waals surface area contributed by atoms with Gasteiger partial charge in [0.1, 0.15) is 0 Å². The minimum Gasteiger partial charge on any atom is -0.388 e. The zero-order chi connectivity index (χ0) is 12.1. The molecule has 2 unspecified atom stereocenters. The molecule has 0 bridgehead atoms. The van der Waals surface area contributed by atoms with Crippen molar-refractivity contribution in [3.8, 4) is 0 Å². The lowest BCUT2D eigenvalue weighted by molar-refractivity contribution is 0.102. The maximum absolute atomic E-state index is 9.98. The number of aliphatic hydroxyl groups is 1. The zero-order valence-electron chi connectivity index (χ0n) is 9.41. The first kappa shape index (κ1) is 13.8. The molecule has 2 nitrogen and oxygen atoms in total. The quantitative estimate of drug-likeness (QED) is 0.877. The van der Waals surface area contributed by atoms with Crippen molar-refractivity contribution in [2.24, 2.45) is 5.92 Å². The van der Waals surface area contributed by atoms with Gasteiger partial charge in [0.15, 0.2) is 0 Å². The van der Waals surface area contributed by atoms with Crippen LogP contribution in [0, 0.1) is 5.92 Å². The standard InChI is InChI=1S/C12H16Cl2O2/c1-8(7-16-2)5-12(15)9-3-4-10(13)11(14)6-9/h3-4,6,8,12,15H,5,7H2,1-2H3. The van der Waals surface area contributed by atoms with Crippen molar-refractivity contribution in [1.29, 1.82) is 0 Å². The summed E-state index contributed by atoms with van der Waals surface area (Å²) >= 11 is 11.7. The van der Waals surface area contributed by atoms with Crippen LogP contribution in [0.1, 0.15) is 25.0 Å². The molecular weight excluding hydrogens is 247 g/mol. The van der Waals surface area contributed by atoms with Gasteiger partial charge in [-0.15, -0.1) is 0 Å². The van der Waals surface area contributed by atoms with Crippen molar-refractivity contribution in [1.82, 2.24) is 0 Å². The molecule has 0 saturated carbocycles. The van der Waals surface area contributed by atoms with Gasteiger partial charge < -0.3 is 9.84 Å². The normalized spacial score (nSPS) is 14.8. The molecule has 1 N–H and O–H groups in total. The summed E-state index contributed by atoms with van der Waals surface area (Å²) in [5, 5.41) is 10.9. The number of halogens is 2. The third-order valence-electron chi connectivity index (χ3n) is 2.41. The Labute approximate surface area is 106 Å². The highest BCUT2D eigenvalue weighted by Gasteiger charge is 2.13. The maximum atomic E-state index is 9.98. The number of ether oxygens (including phenoxy) is 1. The number of hydrogen-bond acceptors (Lipinski definition) is 2. The van der Waals surface area contributed by atoms with E-state index in [1.165, 1.54) is 0 Å². The first-order valence-corrected chi connectivity index (χ1v) is 5.92. The highest BCUT2D eigenvalue weighted by molar-refractivity contribution is 6.42. The molecule has 0 fully saturated rings. The molecule has 2 atom stereocenters. The summed E-state index contributed by atoms with van der Waals surface area (Å²) in [6.45, 7) is 2.67. The molecule has 0 aliphatic heterocycles. The third-order valence-corrected chi connectivity index (χ3v) is 3.14. The highest BCUT2D eigenvalue weighted by atomic mass is 35.5. The number of methoxy groups -OCH3 is 1. The van der Waals surface area contributed by atoms with Crippen LogP contribution in [0.4, 0.5) is 0 Å². The van der Waals surface area contributed by atoms with E-state index in [-0.39, 0.29) is 0 Å². The average Bonchev–Trinajstić information content (AvgIpc) is 2.22. The topological polar surface area (TPSA) is 29.5 Å². The van der Waals surface area contributed by atoms with Gasteiger partial charge in [-0.2, -0.15) is 0 Å². The Morgan fingerprint density at radius 1 is 1.31 bits per heavy atom. The Hall–Kier alpha value is -0.280. The van der Waals surface area contributed by atoms with E-state index in [4.69, 9.17) is 27.9 Å². The van der Waals surface area contributed by atoms with E-state index < -0.39 is 6.10 Å². The van der Waals surface area contributed by atoms with Crippen LogP contribution in [-0.2, 0) is 4.74 Å². The van der Waals surface area contributed by atoms with Gasteiger partial charge in [0.25, 0.3) is 0 Å². The van der Waals surface area contributed by atoms with Crippen molar-refractivity contribution in [3.05, 3.63) is 33.8 Å². The van der Waals surface area contributed by atoms with E-state index >= 15 is 0 Å². The first-order valence-electron chi connectivity index (χ1n) is 5.16. The van der Waals surface area contributed by atoms with Crippen molar-refractivity contribution in [2.75, 3.05) is 13.7 Å². The minimum atomic E-state index is -0.528. The van der Waals surface area contributed by atoms with Crippen molar-refractivity contribution in [2.45, 2.75) is 19.4 Å². The van der Waals surface area contributed by atoms with Crippen LogP contribution < -0.4 is 0 Å². The fourth-order valence-electron chi connectivity index (χ4n) is 1.59. The van der Waals surface area contributed by atoms with Crippen LogP contribution >= 0.6 is 23.2 Å². The van der Waals surface area contributed by atoms with Crippen LogP contribution in [0.3, 0.4) is 0 Å². The van der Waals surface area contributed by atoms with Crippen LogP contribution in [0.15, 0.2) is 18.2 Å². The molecule has 0 spiro atoms. The molecule has 1 aromatic rings. The SMILES string of the molecule is COCC(C)CC(O)c1ccc(Cl)c(Cl)c1. The summed E-state index contributed by atoms with van der Waals surface area (Å²) in [6, 6.07) is 5.19. The summed E-state index contributed by atoms with van der Waals surface area (Å²) < 4.78 is 5.02. The molecule has 16 heavy (non-hydrogen) atoms. The van der Waals surface area contributed by atoms with Crippen molar-refractivity contribution >= 4 is 23.2 Å². The molecule has 0 radical (unpaired) electrons. The molecule has 0 amide bonds. The van der Waals surface area contributed by atoms with Gasteiger partial charge in [-0.1, -0.05) is 36.2 Å². The van der Waals surface area contributed by atoms with Crippen molar-refractivity contribution in [3.63, 3.8) is 0 Å². The van der Waals surface area contributed by atoms with E-state index in [0.29, 0.717) is 29.0 Å². The van der Waals surface area contributed by atoms with Crippen LogP contribution in [0.5, 0.6) is 0 Å². The zero-order valence-corrected chi connectivity index (χ0v) is 10.9. The van der Waals surface area contributed by atoms with E-state index in [2.05, 4.69) is 0 Å². The Morgan fingerprint density at radius 3 is 2.56 bits per heavy atom. The Morgan fingerprint density at radius 2 is 2.00 bits per heavy atom. The van der Waals surface area contributed by atoms with Gasteiger partial charge in [0.2, 0.25) is 0 Å². The maximum Gasteiger partial charge on any atom is 0.0794 e. The fourth-order valence-corrected chi connectivity index (χ4v) is 1.90. The lowest BCUT2D eigenvalue weighted by atomic mass is 9.99. The monoisotopic (exact) mass is 262 g/mol. The molecule has 1 rings (SSSR count). The first-order chi connectivity index (χ1) is 7.54. The lowest BCUT2D eigenvalue weighted by Gasteiger charge is -2.16. The van der Waals surface area contributed by atoms with Gasteiger partial charge in [0.05, 0.1) is 16.1 Å². The predicted molar refractivity (Wildman–Crippen MR) is 67.1 cm³/mol. The van der Waals surface area contributed by atoms with Gasteiger partial charge >= 0.3 is 0 Å². The third kappa shape index (κ3) is 3.95. The molecule has 0 saturated heterocycles. The molecule has 90 valence electrons. The molecule has 0 aliphatic rings. The van der Waals surface area contributed by atoms with E-state index in [0.717, 1.165) is 5.56 Å². The van der Waals surface area contributed by atoms with Gasteiger partial charge in [-0.05, 0) is 30.0 Å². The number of hydrogen-bond donors (Lipinski definition) is 1. The largest absolute Gasteiger partial charge is 0.388 e. The smallest absolute Gasteiger partial charge is 0.0794 e. The lowest BCUT2D eigenvalue weighted by Crippen LogP contribution is -2.09. The van der Waals surface area contributed by atoms with Crippen LogP contribution in [0.25, 0.3) is 0 Å². The van der Waals surface area contributed by atoms with E-state index in [1.54, 1.807) is 25.3 Å². The molecule has 0 aromatic heterocycles. The summed E-state index contributed by atoms with van der Waals surface area (Å²) in [5.74, 6) is 0.300. The number of benzene rings is 1. The van der Waals surface area contributed by atoms with E-state index in [9.17, 15) is 5.11 Å². The number of aliphatic hydroxyl groups excluding tert-OH is 1. The molecule has 1 aromatic carbocycles. The second-order valence-electron chi connectivity index (χ2n) is 3.99. The van der Waals surface area contributed by atoms with Crippen molar-refractivity contribution < 1.29 is 9.84 Å². The summed E-state index contributed by atoms with van der Waals surface area (Å²) in [4.78, 5) is 0. The van der Waals surface area contributed by atoms with Crippen LogP contribution in [-0.4, -0.2) is 18.8 Å². The fraction of sp³-hybridized carbons (Fsp3) is 0.500. The Bertz CT molecular complexity index is 342. The summed E-state index contributed by atoms with van der Waals surface area (Å²) in [5.41, 5.74) is 0.789. The van der Waals surface area contributed by atoms with Gasteiger partial charge in [-0.25, -0.2) is 0 Å². The van der Waals surface area contributed by atoms with Gasteiger partial charge in [0, 0.05) is 13.7 Å². The second kappa shape index (κ2) is 6.45. The molecule has 0 aliphatic carbocycles. The molecule has 0 heterocycles. The van der Waals surface area contributed by atoms with Crippen LogP contribution in [0.2, 0.25) is 10.0 Å². The summed E-state index contributed by atoms with van der Waals surface area (Å²) in [7, 11) is 1.65. The summed E-state index contributed by atoms with van der Waals surface area (Å²) in [6.07, 6.45) is 0.117. The predicted octanol–water partition coefficient (Wildman–Crippen LogP) is 3.70. The Kier molecular flexibility index (Phi) is 5.56. The average molecular weight is 263 g/mol. The molecule has 4 heteroatoms. The second-order valence-corrected chi connectivity index (χ2v) is 4.80. The minimum absolute atomic E-state index is 0.300. The highest BCUT2D eigenvalue weighted by Crippen LogP contribution is 2.28. The number of rotatable bonds is 5. The van der Waals surface area contributed by atoms with E-state index in [1.807, 2.05) is 6.92 Å². The molecular formula is C12H16Cl2O2. The van der Waals surface area contributed by atoms with Gasteiger partial charge in [-0.3, -0.25) is 0 Å². The Balaban J connectivity index is 2.65.